The van der Waals surface area contributed by atoms with Crippen molar-refractivity contribution in [2.24, 2.45) is 11.8 Å². The molecule has 0 saturated heterocycles. The van der Waals surface area contributed by atoms with Gasteiger partial charge in [0.15, 0.2) is 23.0 Å². The number of methoxy groups -OCH3 is 6. The van der Waals surface area contributed by atoms with Crippen molar-refractivity contribution in [3.8, 4) is 23.0 Å². The Morgan fingerprint density at radius 3 is 1.18 bits per heavy atom. The van der Waals surface area contributed by atoms with Gasteiger partial charge in [-0.2, -0.15) is 0 Å². The molecule has 1 saturated carbocycles. The number of carbonyl (C=O) groups excluding carboxylic acids is 4. The summed E-state index contributed by atoms with van der Waals surface area (Å²) in [5.74, 6) is -3.61. The second-order valence-corrected chi connectivity index (χ2v) is 11.4. The van der Waals surface area contributed by atoms with E-state index in [4.69, 9.17) is 28.4 Å². The van der Waals surface area contributed by atoms with Crippen LogP contribution < -0.4 is 29.6 Å². The van der Waals surface area contributed by atoms with E-state index in [0.717, 1.165) is 0 Å². The van der Waals surface area contributed by atoms with Gasteiger partial charge in [-0.1, -0.05) is 36.4 Å². The fourth-order valence-corrected chi connectivity index (χ4v) is 6.54. The van der Waals surface area contributed by atoms with Crippen molar-refractivity contribution in [2.45, 2.75) is 11.8 Å². The third-order valence-corrected chi connectivity index (χ3v) is 8.92. The van der Waals surface area contributed by atoms with Gasteiger partial charge in [0.25, 0.3) is 0 Å². The molecule has 4 atom stereocenters. The molecule has 12 nitrogen and oxygen atoms in total. The lowest BCUT2D eigenvalue weighted by atomic mass is 9.51. The molecule has 2 N–H and O–H groups in total. The van der Waals surface area contributed by atoms with Crippen LogP contribution in [0.5, 0.6) is 23.0 Å². The molecule has 12 heteroatoms. The summed E-state index contributed by atoms with van der Waals surface area (Å²) in [5, 5.41) is 5.77. The van der Waals surface area contributed by atoms with Crippen LogP contribution in [0.4, 0.5) is 11.4 Å². The minimum Gasteiger partial charge on any atom is -0.493 e. The van der Waals surface area contributed by atoms with Crippen molar-refractivity contribution in [3.05, 3.63) is 107 Å². The minimum atomic E-state index is -0.984. The number of para-hydroxylation sites is 2. The second kappa shape index (κ2) is 15.5. The van der Waals surface area contributed by atoms with Crippen LogP contribution in [0.15, 0.2) is 84.9 Å². The first-order valence-electron chi connectivity index (χ1n) is 15.6. The zero-order valence-electron chi connectivity index (χ0n) is 28.5. The number of hydrogen-bond acceptors (Lipinski definition) is 10. The Bertz CT molecular complexity index is 1770. The highest BCUT2D eigenvalue weighted by molar-refractivity contribution is 6.07. The standard InChI is InChI=1S/C38H38N2O10/c1-45-27-17-15-21(19-29(27)47-3)31-32(22-16-18-28(46-2)30(20-22)48-4)34(36(42)40-26-14-10-8-12-24(26)38(44)50-6)33(31)35(41)39-25-13-9-7-11-23(25)37(43)49-5/h7-20,31-34H,1-6H3,(H,39,41)(H,40,42)/t31-,32-,33+,34+/m0/s1. The number of amides is 2. The number of esters is 2. The maximum Gasteiger partial charge on any atom is 0.339 e. The lowest BCUT2D eigenvalue weighted by Crippen LogP contribution is -2.54. The Balaban J connectivity index is 1.67. The van der Waals surface area contributed by atoms with E-state index in [2.05, 4.69) is 10.6 Å². The van der Waals surface area contributed by atoms with Crippen LogP contribution in [-0.2, 0) is 19.1 Å². The molecule has 4 aromatic carbocycles. The van der Waals surface area contributed by atoms with Crippen LogP contribution >= 0.6 is 0 Å². The number of carbonyl (C=O) groups is 4. The Kier molecular flexibility index (Phi) is 10.9. The van der Waals surface area contributed by atoms with E-state index in [1.165, 1.54) is 54.8 Å². The summed E-state index contributed by atoms with van der Waals surface area (Å²) in [7, 11) is 8.57. The third-order valence-electron chi connectivity index (χ3n) is 8.92. The maximum absolute atomic E-state index is 14.5. The van der Waals surface area contributed by atoms with Gasteiger partial charge in [0.2, 0.25) is 11.8 Å². The number of hydrogen-bond donors (Lipinski definition) is 2. The Hall–Kier alpha value is -6.04. The topological polar surface area (TPSA) is 148 Å². The lowest BCUT2D eigenvalue weighted by molar-refractivity contribution is -0.138. The van der Waals surface area contributed by atoms with Gasteiger partial charge in [-0.05, 0) is 59.7 Å². The van der Waals surface area contributed by atoms with E-state index < -0.39 is 47.4 Å². The van der Waals surface area contributed by atoms with E-state index >= 15 is 0 Å². The molecule has 0 aliphatic heterocycles. The highest BCUT2D eigenvalue weighted by Crippen LogP contribution is 2.59. The van der Waals surface area contributed by atoms with Gasteiger partial charge in [0.1, 0.15) is 0 Å². The highest BCUT2D eigenvalue weighted by Gasteiger charge is 2.58. The fraction of sp³-hybridized carbons (Fsp3) is 0.263. The summed E-state index contributed by atoms with van der Waals surface area (Å²) in [6.45, 7) is 0. The largest absolute Gasteiger partial charge is 0.493 e. The van der Waals surface area contributed by atoms with Crippen molar-refractivity contribution in [2.75, 3.05) is 53.3 Å². The van der Waals surface area contributed by atoms with Crippen LogP contribution in [0.3, 0.4) is 0 Å². The molecule has 0 aromatic heterocycles. The van der Waals surface area contributed by atoms with E-state index in [0.29, 0.717) is 34.1 Å². The van der Waals surface area contributed by atoms with Crippen molar-refractivity contribution < 1.29 is 47.6 Å². The van der Waals surface area contributed by atoms with E-state index in [1.807, 2.05) is 12.1 Å². The van der Waals surface area contributed by atoms with Crippen molar-refractivity contribution in [1.82, 2.24) is 0 Å². The van der Waals surface area contributed by atoms with Gasteiger partial charge < -0.3 is 39.1 Å². The molecule has 0 bridgehead atoms. The number of rotatable bonds is 12. The van der Waals surface area contributed by atoms with Gasteiger partial charge in [-0.15, -0.1) is 0 Å². The monoisotopic (exact) mass is 682 g/mol. The molecule has 260 valence electrons. The normalized spacial score (nSPS) is 17.7. The number of anilines is 2. The number of nitrogens with one attached hydrogen (secondary N) is 2. The molecule has 2 amide bonds. The lowest BCUT2D eigenvalue weighted by Gasteiger charge is -2.51. The Morgan fingerprint density at radius 1 is 0.480 bits per heavy atom. The SMILES string of the molecule is COC(=O)c1ccccc1NC(=O)[C@H]1[C@H](C(=O)Nc2ccccc2C(=O)OC)[C@@H](c2ccc(OC)c(OC)c2)[C@@H]1c1ccc(OC)c(OC)c1. The summed E-state index contributed by atoms with van der Waals surface area (Å²) < 4.78 is 32.0. The molecule has 0 radical (unpaired) electrons. The zero-order valence-corrected chi connectivity index (χ0v) is 28.5. The summed E-state index contributed by atoms with van der Waals surface area (Å²) in [5.41, 5.74) is 2.13. The van der Waals surface area contributed by atoms with Crippen LogP contribution in [0.25, 0.3) is 0 Å². The van der Waals surface area contributed by atoms with Crippen LogP contribution in [0.1, 0.15) is 43.7 Å². The summed E-state index contributed by atoms with van der Waals surface area (Å²) in [6, 6.07) is 23.6. The van der Waals surface area contributed by atoms with Crippen molar-refractivity contribution in [3.63, 3.8) is 0 Å². The fourth-order valence-electron chi connectivity index (χ4n) is 6.54. The second-order valence-electron chi connectivity index (χ2n) is 11.4. The van der Waals surface area contributed by atoms with Crippen LogP contribution in [0, 0.1) is 11.8 Å². The predicted molar refractivity (Wildman–Crippen MR) is 184 cm³/mol. The number of benzene rings is 4. The molecule has 5 rings (SSSR count). The van der Waals surface area contributed by atoms with Crippen molar-refractivity contribution in [1.29, 1.82) is 0 Å². The molecule has 50 heavy (non-hydrogen) atoms. The summed E-state index contributed by atoms with van der Waals surface area (Å²) >= 11 is 0. The smallest absolute Gasteiger partial charge is 0.339 e. The molecule has 1 aliphatic rings. The summed E-state index contributed by atoms with van der Waals surface area (Å²) in [4.78, 5) is 54.2. The van der Waals surface area contributed by atoms with Crippen molar-refractivity contribution >= 4 is 35.1 Å². The van der Waals surface area contributed by atoms with Gasteiger partial charge in [-0.25, -0.2) is 9.59 Å². The van der Waals surface area contributed by atoms with Crippen LogP contribution in [-0.4, -0.2) is 66.4 Å². The van der Waals surface area contributed by atoms with E-state index in [9.17, 15) is 19.2 Å². The van der Waals surface area contributed by atoms with E-state index in [1.54, 1.807) is 60.7 Å². The predicted octanol–water partition coefficient (Wildman–Crippen LogP) is 5.69. The molecule has 0 spiro atoms. The number of ether oxygens (including phenoxy) is 6. The molecule has 0 unspecified atom stereocenters. The molecular formula is C38H38N2O10. The highest BCUT2D eigenvalue weighted by atomic mass is 16.5. The Labute approximate surface area is 289 Å². The molecule has 4 aromatic rings. The molecule has 1 fully saturated rings. The molecule has 1 aliphatic carbocycles. The first kappa shape index (κ1) is 35.3. The quantitative estimate of drug-likeness (QED) is 0.179. The first-order chi connectivity index (χ1) is 24.2. The first-order valence-corrected chi connectivity index (χ1v) is 15.6. The van der Waals surface area contributed by atoms with Crippen LogP contribution in [0.2, 0.25) is 0 Å². The summed E-state index contributed by atoms with van der Waals surface area (Å²) in [6.07, 6.45) is 0. The average Bonchev–Trinajstić information content (AvgIpc) is 3.13. The third kappa shape index (κ3) is 6.77. The molecular weight excluding hydrogens is 644 g/mol. The molecule has 0 heterocycles. The van der Waals surface area contributed by atoms with Gasteiger partial charge in [-0.3, -0.25) is 9.59 Å². The van der Waals surface area contributed by atoms with Gasteiger partial charge >= 0.3 is 11.9 Å². The van der Waals surface area contributed by atoms with Gasteiger partial charge in [0, 0.05) is 11.8 Å². The van der Waals surface area contributed by atoms with Gasteiger partial charge in [0.05, 0.1) is 77.0 Å². The Morgan fingerprint density at radius 2 is 0.840 bits per heavy atom. The zero-order chi connectivity index (χ0) is 35.9. The minimum absolute atomic E-state index is 0.148. The van der Waals surface area contributed by atoms with E-state index in [-0.39, 0.29) is 22.5 Å². The maximum atomic E-state index is 14.5. The average molecular weight is 683 g/mol.